The number of carbonyl (C=O) groups is 1. The van der Waals surface area contributed by atoms with Crippen LogP contribution in [0.5, 0.6) is 0 Å². The summed E-state index contributed by atoms with van der Waals surface area (Å²) in [5.74, 6) is 1.13. The van der Waals surface area contributed by atoms with E-state index in [2.05, 4.69) is 16.7 Å². The molecular formula is C17H30N2O2. The first kappa shape index (κ1) is 15.3. The number of rotatable bonds is 3. The van der Waals surface area contributed by atoms with E-state index in [1.807, 2.05) is 0 Å². The van der Waals surface area contributed by atoms with Crippen molar-refractivity contribution in [3.63, 3.8) is 0 Å². The molecule has 3 rings (SSSR count). The van der Waals surface area contributed by atoms with Gasteiger partial charge in [-0.05, 0) is 50.9 Å². The molecule has 1 amide bonds. The molecule has 0 bridgehead atoms. The molecule has 4 nitrogen and oxygen atoms in total. The Hall–Kier alpha value is -0.610. The molecule has 0 aromatic carbocycles. The summed E-state index contributed by atoms with van der Waals surface area (Å²) in [7, 11) is 0. The van der Waals surface area contributed by atoms with Gasteiger partial charge in [-0.3, -0.25) is 4.79 Å². The lowest BCUT2D eigenvalue weighted by atomic mass is 9.79. The molecule has 3 aliphatic rings. The van der Waals surface area contributed by atoms with Crippen LogP contribution >= 0.6 is 0 Å². The number of β-amino-alcohol motifs (C(OH)–C–C–N with tert-alkyl or cyclic N) is 1. The second kappa shape index (κ2) is 6.25. The average Bonchev–Trinajstić information content (AvgIpc) is 2.90. The van der Waals surface area contributed by atoms with Crippen molar-refractivity contribution in [1.82, 2.24) is 9.80 Å². The zero-order valence-electron chi connectivity index (χ0n) is 13.4. The van der Waals surface area contributed by atoms with Crippen LogP contribution in [0.25, 0.3) is 0 Å². The third-order valence-electron chi connectivity index (χ3n) is 5.83. The molecule has 2 aliphatic heterocycles. The summed E-state index contributed by atoms with van der Waals surface area (Å²) in [6, 6.07) is 0.456. The summed E-state index contributed by atoms with van der Waals surface area (Å²) >= 11 is 0. The Morgan fingerprint density at radius 2 is 1.81 bits per heavy atom. The number of likely N-dealkylation sites (tertiary alicyclic amines) is 2. The van der Waals surface area contributed by atoms with Crippen LogP contribution in [0, 0.1) is 5.92 Å². The van der Waals surface area contributed by atoms with E-state index in [0.29, 0.717) is 11.9 Å². The molecule has 2 saturated heterocycles. The fraction of sp³-hybridized carbons (Fsp3) is 0.941. The van der Waals surface area contributed by atoms with Gasteiger partial charge >= 0.3 is 0 Å². The summed E-state index contributed by atoms with van der Waals surface area (Å²) in [6.07, 6.45) is 8.19. The molecule has 120 valence electrons. The second-order valence-electron chi connectivity index (χ2n) is 7.60. The van der Waals surface area contributed by atoms with Crippen molar-refractivity contribution in [2.24, 2.45) is 5.92 Å². The lowest BCUT2D eigenvalue weighted by molar-refractivity contribution is -0.130. The summed E-state index contributed by atoms with van der Waals surface area (Å²) in [6.45, 7) is 6.16. The molecule has 3 fully saturated rings. The average molecular weight is 294 g/mol. The van der Waals surface area contributed by atoms with Gasteiger partial charge in [0.1, 0.15) is 0 Å². The lowest BCUT2D eigenvalue weighted by Crippen LogP contribution is -2.51. The fourth-order valence-electron chi connectivity index (χ4n) is 4.32. The minimum atomic E-state index is -0.456. The van der Waals surface area contributed by atoms with E-state index in [4.69, 9.17) is 0 Å². The maximum absolute atomic E-state index is 11.8. The van der Waals surface area contributed by atoms with E-state index in [-0.39, 0.29) is 0 Å². The molecule has 1 N–H and O–H groups in total. The van der Waals surface area contributed by atoms with Crippen LogP contribution in [-0.2, 0) is 4.79 Å². The van der Waals surface area contributed by atoms with E-state index in [1.165, 1.54) is 0 Å². The molecule has 0 aromatic rings. The van der Waals surface area contributed by atoms with Crippen LogP contribution in [0.4, 0.5) is 0 Å². The Morgan fingerprint density at radius 3 is 2.38 bits per heavy atom. The summed E-state index contributed by atoms with van der Waals surface area (Å²) in [5.41, 5.74) is -0.456. The van der Waals surface area contributed by atoms with Gasteiger partial charge in [0, 0.05) is 38.6 Å². The molecule has 0 spiro atoms. The normalized spacial score (nSPS) is 36.4. The maximum Gasteiger partial charge on any atom is 0.222 e. The van der Waals surface area contributed by atoms with E-state index in [9.17, 15) is 9.90 Å². The Morgan fingerprint density at radius 1 is 1.14 bits per heavy atom. The zero-order valence-corrected chi connectivity index (χ0v) is 13.4. The molecule has 0 radical (unpaired) electrons. The topological polar surface area (TPSA) is 43.8 Å². The first-order chi connectivity index (χ1) is 10.1. The predicted octanol–water partition coefficient (Wildman–Crippen LogP) is 2.01. The van der Waals surface area contributed by atoms with E-state index < -0.39 is 5.60 Å². The minimum absolute atomic E-state index is 0.355. The van der Waals surface area contributed by atoms with Crippen LogP contribution in [0.2, 0.25) is 0 Å². The molecule has 21 heavy (non-hydrogen) atoms. The number of hydrogen-bond donors (Lipinski definition) is 1. The third kappa shape index (κ3) is 3.59. The van der Waals surface area contributed by atoms with Crippen LogP contribution in [0.15, 0.2) is 0 Å². The Bertz CT molecular complexity index is 369. The fourth-order valence-corrected chi connectivity index (χ4v) is 4.32. The van der Waals surface area contributed by atoms with Crippen molar-refractivity contribution >= 4 is 5.91 Å². The van der Waals surface area contributed by atoms with Gasteiger partial charge in [0.15, 0.2) is 0 Å². The van der Waals surface area contributed by atoms with Crippen molar-refractivity contribution < 1.29 is 9.90 Å². The Labute approximate surface area is 128 Å². The van der Waals surface area contributed by atoms with Gasteiger partial charge in [-0.1, -0.05) is 6.92 Å². The number of aliphatic hydroxyl groups is 1. The van der Waals surface area contributed by atoms with Gasteiger partial charge in [0.05, 0.1) is 5.60 Å². The highest BCUT2D eigenvalue weighted by atomic mass is 16.3. The van der Waals surface area contributed by atoms with Crippen LogP contribution in [-0.4, -0.2) is 58.6 Å². The third-order valence-corrected chi connectivity index (χ3v) is 5.83. The molecule has 2 heterocycles. The smallest absolute Gasteiger partial charge is 0.222 e. The summed E-state index contributed by atoms with van der Waals surface area (Å²) < 4.78 is 0. The van der Waals surface area contributed by atoms with Crippen LogP contribution in [0.1, 0.15) is 58.3 Å². The van der Waals surface area contributed by atoms with Gasteiger partial charge in [-0.25, -0.2) is 0 Å². The van der Waals surface area contributed by atoms with Crippen LogP contribution in [0.3, 0.4) is 0 Å². The number of piperidine rings is 1. The van der Waals surface area contributed by atoms with Gasteiger partial charge in [0.2, 0.25) is 5.91 Å². The number of carbonyl (C=O) groups excluding carboxylic acids is 1. The highest BCUT2D eigenvalue weighted by molar-refractivity contribution is 5.78. The first-order valence-electron chi connectivity index (χ1n) is 8.80. The van der Waals surface area contributed by atoms with Crippen molar-refractivity contribution in [2.45, 2.75) is 69.9 Å². The number of nitrogens with zero attached hydrogens (tertiary/aromatic N) is 2. The van der Waals surface area contributed by atoms with Crippen molar-refractivity contribution in [3.05, 3.63) is 0 Å². The quantitative estimate of drug-likeness (QED) is 0.866. The highest BCUT2D eigenvalue weighted by Gasteiger charge is 2.36. The molecule has 0 unspecified atom stereocenters. The lowest BCUT2D eigenvalue weighted by Gasteiger charge is -2.42. The Kier molecular flexibility index (Phi) is 4.55. The molecule has 1 aliphatic carbocycles. The van der Waals surface area contributed by atoms with Crippen molar-refractivity contribution in [3.8, 4) is 0 Å². The van der Waals surface area contributed by atoms with Crippen molar-refractivity contribution in [2.75, 3.05) is 26.2 Å². The van der Waals surface area contributed by atoms with Gasteiger partial charge in [-0.2, -0.15) is 0 Å². The largest absolute Gasteiger partial charge is 0.389 e. The van der Waals surface area contributed by atoms with Crippen LogP contribution < -0.4 is 0 Å². The monoisotopic (exact) mass is 294 g/mol. The first-order valence-corrected chi connectivity index (χ1v) is 8.80. The van der Waals surface area contributed by atoms with Gasteiger partial charge in [0.25, 0.3) is 0 Å². The predicted molar refractivity (Wildman–Crippen MR) is 83.0 cm³/mol. The molecule has 0 atom stereocenters. The minimum Gasteiger partial charge on any atom is -0.389 e. The Balaban J connectivity index is 1.46. The zero-order chi connectivity index (χ0) is 14.9. The van der Waals surface area contributed by atoms with Gasteiger partial charge in [-0.15, -0.1) is 0 Å². The highest BCUT2D eigenvalue weighted by Crippen LogP contribution is 2.33. The van der Waals surface area contributed by atoms with Crippen molar-refractivity contribution in [1.29, 1.82) is 0 Å². The maximum atomic E-state index is 11.8. The summed E-state index contributed by atoms with van der Waals surface area (Å²) in [5, 5.41) is 10.8. The van der Waals surface area contributed by atoms with E-state index in [0.717, 1.165) is 83.5 Å². The SMILES string of the molecule is CC1CCC(O)(CN2CCC(N3CCCC3=O)CC2)CC1. The molecule has 1 saturated carbocycles. The molecular weight excluding hydrogens is 264 g/mol. The molecule has 4 heteroatoms. The van der Waals surface area contributed by atoms with Gasteiger partial charge < -0.3 is 14.9 Å². The second-order valence-corrected chi connectivity index (χ2v) is 7.60. The number of hydrogen-bond acceptors (Lipinski definition) is 3. The van der Waals surface area contributed by atoms with E-state index in [1.54, 1.807) is 0 Å². The standard InChI is InChI=1S/C17H30N2O2/c1-14-4-8-17(21,9-5-14)13-18-11-6-15(7-12-18)19-10-2-3-16(19)20/h14-15,21H,2-13H2,1H3. The van der Waals surface area contributed by atoms with E-state index >= 15 is 0 Å². The molecule has 0 aromatic heterocycles. The summed E-state index contributed by atoms with van der Waals surface area (Å²) in [4.78, 5) is 16.4. The number of amides is 1.